The Bertz CT molecular complexity index is 467. The van der Waals surface area contributed by atoms with E-state index in [0.29, 0.717) is 17.6 Å². The number of rotatable bonds is 18. The van der Waals surface area contributed by atoms with Gasteiger partial charge in [-0.2, -0.15) is 0 Å². The molecule has 28 heavy (non-hydrogen) atoms. The Morgan fingerprint density at radius 2 is 1.14 bits per heavy atom. The van der Waals surface area contributed by atoms with E-state index in [2.05, 4.69) is 20.1 Å². The third-order valence-corrected chi connectivity index (χ3v) is 4.75. The lowest BCUT2D eigenvalue weighted by atomic mass is 10.0. The zero-order chi connectivity index (χ0) is 21.2. The van der Waals surface area contributed by atoms with Crippen molar-refractivity contribution in [2.75, 3.05) is 6.61 Å². The molecule has 0 aromatic rings. The summed E-state index contributed by atoms with van der Waals surface area (Å²) in [5, 5.41) is 0. The van der Waals surface area contributed by atoms with Crippen LogP contribution in [-0.2, 0) is 19.1 Å². The zero-order valence-corrected chi connectivity index (χ0v) is 18.5. The van der Waals surface area contributed by atoms with Gasteiger partial charge in [-0.3, -0.25) is 0 Å². The van der Waals surface area contributed by atoms with Crippen molar-refractivity contribution in [3.63, 3.8) is 0 Å². The first-order valence-electron chi connectivity index (χ1n) is 11.1. The van der Waals surface area contributed by atoms with Crippen LogP contribution >= 0.6 is 0 Å². The number of esters is 2. The van der Waals surface area contributed by atoms with Crippen molar-refractivity contribution in [3.05, 3.63) is 24.3 Å². The SMILES string of the molecule is C=C(C)C(=O)OCC(CCCCCCCCCCCCCC)OC(=O)C(=C)C. The van der Waals surface area contributed by atoms with E-state index in [1.165, 1.54) is 64.2 Å². The van der Waals surface area contributed by atoms with Crippen molar-refractivity contribution in [2.24, 2.45) is 0 Å². The van der Waals surface area contributed by atoms with Gasteiger partial charge in [0.25, 0.3) is 0 Å². The van der Waals surface area contributed by atoms with E-state index in [1.807, 2.05) is 0 Å². The second-order valence-corrected chi connectivity index (χ2v) is 7.86. The Kier molecular flexibility index (Phi) is 16.5. The minimum atomic E-state index is -0.453. The standard InChI is InChI=1S/C24H42O4/c1-6-7-8-9-10-11-12-13-14-15-16-17-18-22(28-24(26)21(4)5)19-27-23(25)20(2)3/h22H,2,4,6-19H2,1,3,5H3. The van der Waals surface area contributed by atoms with E-state index < -0.39 is 18.0 Å². The molecule has 1 unspecified atom stereocenters. The topological polar surface area (TPSA) is 52.6 Å². The van der Waals surface area contributed by atoms with E-state index in [-0.39, 0.29) is 6.61 Å². The summed E-state index contributed by atoms with van der Waals surface area (Å²) < 4.78 is 10.6. The number of unbranched alkanes of at least 4 members (excludes halogenated alkanes) is 11. The molecule has 0 amide bonds. The minimum absolute atomic E-state index is 0.0722. The average Bonchev–Trinajstić information content (AvgIpc) is 2.65. The highest BCUT2D eigenvalue weighted by molar-refractivity contribution is 5.87. The summed E-state index contributed by atoms with van der Waals surface area (Å²) in [7, 11) is 0. The molecule has 0 aliphatic rings. The maximum Gasteiger partial charge on any atom is 0.333 e. The largest absolute Gasteiger partial charge is 0.458 e. The number of carbonyl (C=O) groups is 2. The quantitative estimate of drug-likeness (QED) is 0.148. The average molecular weight is 395 g/mol. The Balaban J connectivity index is 3.88. The van der Waals surface area contributed by atoms with Crippen LogP contribution < -0.4 is 0 Å². The Hall–Kier alpha value is -1.58. The third-order valence-electron chi connectivity index (χ3n) is 4.75. The molecule has 0 saturated heterocycles. The van der Waals surface area contributed by atoms with E-state index in [1.54, 1.807) is 13.8 Å². The van der Waals surface area contributed by atoms with E-state index >= 15 is 0 Å². The molecule has 0 aromatic heterocycles. The maximum atomic E-state index is 11.8. The molecule has 0 spiro atoms. The molecule has 0 fully saturated rings. The summed E-state index contributed by atoms with van der Waals surface area (Å²) in [6.45, 7) is 12.7. The van der Waals surface area contributed by atoms with Gasteiger partial charge in [0.05, 0.1) is 0 Å². The van der Waals surface area contributed by atoms with Crippen LogP contribution in [0, 0.1) is 0 Å². The van der Waals surface area contributed by atoms with Gasteiger partial charge in [-0.1, -0.05) is 90.7 Å². The fraction of sp³-hybridized carbons (Fsp3) is 0.750. The van der Waals surface area contributed by atoms with Gasteiger partial charge in [0.2, 0.25) is 0 Å². The fourth-order valence-corrected chi connectivity index (χ4v) is 2.93. The first kappa shape index (κ1) is 26.4. The molecule has 0 N–H and O–H groups in total. The van der Waals surface area contributed by atoms with Gasteiger partial charge in [-0.25, -0.2) is 9.59 Å². The van der Waals surface area contributed by atoms with Gasteiger partial charge in [0, 0.05) is 11.1 Å². The van der Waals surface area contributed by atoms with Crippen LogP contribution in [0.15, 0.2) is 24.3 Å². The van der Waals surface area contributed by atoms with E-state index in [4.69, 9.17) is 9.47 Å². The molecule has 0 radical (unpaired) electrons. The second-order valence-electron chi connectivity index (χ2n) is 7.86. The predicted octanol–water partition coefficient (Wildman–Crippen LogP) is 6.68. The minimum Gasteiger partial charge on any atom is -0.458 e. The first-order chi connectivity index (χ1) is 13.4. The highest BCUT2D eigenvalue weighted by atomic mass is 16.6. The van der Waals surface area contributed by atoms with Gasteiger partial charge in [-0.15, -0.1) is 0 Å². The third kappa shape index (κ3) is 15.5. The molecule has 0 rings (SSSR count). The Labute approximate surface area is 172 Å². The first-order valence-corrected chi connectivity index (χ1v) is 11.1. The molecular weight excluding hydrogens is 352 g/mol. The smallest absolute Gasteiger partial charge is 0.333 e. The normalized spacial score (nSPS) is 11.7. The van der Waals surface area contributed by atoms with Crippen molar-refractivity contribution in [2.45, 2.75) is 110 Å². The van der Waals surface area contributed by atoms with Crippen molar-refractivity contribution >= 4 is 11.9 Å². The summed E-state index contributed by atoms with van der Waals surface area (Å²) >= 11 is 0. The highest BCUT2D eigenvalue weighted by Crippen LogP contribution is 2.15. The summed E-state index contributed by atoms with van der Waals surface area (Å²) in [4.78, 5) is 23.3. The number of carbonyl (C=O) groups excluding carboxylic acids is 2. The van der Waals surface area contributed by atoms with Crippen molar-refractivity contribution in [1.82, 2.24) is 0 Å². The molecule has 4 heteroatoms. The second kappa shape index (κ2) is 17.5. The summed E-state index contributed by atoms with van der Waals surface area (Å²) in [5.41, 5.74) is 0.696. The van der Waals surface area contributed by atoms with Crippen LogP contribution in [0.3, 0.4) is 0 Å². The molecule has 1 atom stereocenters. The number of ether oxygens (including phenoxy) is 2. The molecule has 0 heterocycles. The van der Waals surface area contributed by atoms with Crippen LogP contribution in [-0.4, -0.2) is 24.6 Å². The van der Waals surface area contributed by atoms with E-state index in [9.17, 15) is 9.59 Å². The summed E-state index contributed by atoms with van der Waals surface area (Å²) in [5.74, 6) is -0.888. The predicted molar refractivity (Wildman–Crippen MR) is 116 cm³/mol. The Morgan fingerprint density at radius 1 is 0.714 bits per heavy atom. The molecule has 4 nitrogen and oxygen atoms in total. The fourth-order valence-electron chi connectivity index (χ4n) is 2.93. The van der Waals surface area contributed by atoms with Crippen molar-refractivity contribution in [3.8, 4) is 0 Å². The van der Waals surface area contributed by atoms with Crippen LogP contribution in [0.25, 0.3) is 0 Å². The van der Waals surface area contributed by atoms with Crippen LogP contribution in [0.5, 0.6) is 0 Å². The molecule has 162 valence electrons. The molecule has 0 bridgehead atoms. The molecule has 0 saturated carbocycles. The molecule has 0 aromatic carbocycles. The molecular formula is C24H42O4. The van der Waals surface area contributed by atoms with Gasteiger partial charge in [0.15, 0.2) is 0 Å². The van der Waals surface area contributed by atoms with E-state index in [0.717, 1.165) is 12.8 Å². The molecule has 0 aliphatic carbocycles. The zero-order valence-electron chi connectivity index (χ0n) is 18.5. The van der Waals surface area contributed by atoms with Gasteiger partial charge in [0.1, 0.15) is 12.7 Å². The van der Waals surface area contributed by atoms with Gasteiger partial charge < -0.3 is 9.47 Å². The number of hydrogen-bond acceptors (Lipinski definition) is 4. The molecule has 0 aliphatic heterocycles. The van der Waals surface area contributed by atoms with Crippen molar-refractivity contribution < 1.29 is 19.1 Å². The lowest BCUT2D eigenvalue weighted by Crippen LogP contribution is -2.25. The highest BCUT2D eigenvalue weighted by Gasteiger charge is 2.17. The lowest BCUT2D eigenvalue weighted by molar-refractivity contribution is -0.154. The lowest BCUT2D eigenvalue weighted by Gasteiger charge is -2.18. The number of hydrogen-bond donors (Lipinski definition) is 0. The summed E-state index contributed by atoms with van der Waals surface area (Å²) in [6, 6.07) is 0. The summed E-state index contributed by atoms with van der Waals surface area (Å²) in [6.07, 6.45) is 15.6. The van der Waals surface area contributed by atoms with Gasteiger partial charge in [-0.05, 0) is 26.7 Å². The van der Waals surface area contributed by atoms with Crippen LogP contribution in [0.1, 0.15) is 104 Å². The maximum absolute atomic E-state index is 11.8. The Morgan fingerprint density at radius 3 is 1.57 bits per heavy atom. The van der Waals surface area contributed by atoms with Crippen molar-refractivity contribution in [1.29, 1.82) is 0 Å². The van der Waals surface area contributed by atoms with Gasteiger partial charge >= 0.3 is 11.9 Å². The monoisotopic (exact) mass is 394 g/mol. The van der Waals surface area contributed by atoms with Crippen LogP contribution in [0.2, 0.25) is 0 Å². The van der Waals surface area contributed by atoms with Crippen LogP contribution in [0.4, 0.5) is 0 Å².